The fourth-order valence-electron chi connectivity index (χ4n) is 6.43. The summed E-state index contributed by atoms with van der Waals surface area (Å²) in [7, 11) is 3.31. The quantitative estimate of drug-likeness (QED) is 0.262. The van der Waals surface area contributed by atoms with Crippen molar-refractivity contribution in [1.82, 2.24) is 19.5 Å². The largest absolute Gasteiger partial charge is 0.477 e. The Hall–Kier alpha value is -5.02. The van der Waals surface area contributed by atoms with E-state index in [2.05, 4.69) is 25.2 Å². The third kappa shape index (κ3) is 3.45. The molecule has 5 N–H and O–H groups in total. The Morgan fingerprint density at radius 2 is 2.10 bits per heavy atom. The highest BCUT2D eigenvalue weighted by Gasteiger charge is 2.56. The van der Waals surface area contributed by atoms with E-state index in [1.807, 2.05) is 6.07 Å². The van der Waals surface area contributed by atoms with Gasteiger partial charge in [0, 0.05) is 79.8 Å². The number of fused-ring (bicyclic) bond motifs is 4. The van der Waals surface area contributed by atoms with Crippen LogP contribution in [0.1, 0.15) is 28.8 Å². The van der Waals surface area contributed by atoms with Gasteiger partial charge in [0.1, 0.15) is 28.7 Å². The van der Waals surface area contributed by atoms with Gasteiger partial charge in [0.15, 0.2) is 0 Å². The second-order valence-corrected chi connectivity index (χ2v) is 11.0. The van der Waals surface area contributed by atoms with Crippen molar-refractivity contribution in [3.8, 4) is 17.2 Å². The summed E-state index contributed by atoms with van der Waals surface area (Å²) >= 11 is 0. The molecule has 2 atom stereocenters. The zero-order valence-corrected chi connectivity index (χ0v) is 22.2. The highest BCUT2D eigenvalue weighted by atomic mass is 19.1. The minimum Gasteiger partial charge on any atom is -0.477 e. The number of nitrogens with two attached hydrogens (primary N) is 1. The van der Waals surface area contributed by atoms with Gasteiger partial charge in [-0.15, -0.1) is 0 Å². The molecule has 1 aliphatic carbocycles. The Labute approximate surface area is 232 Å². The second kappa shape index (κ2) is 8.49. The van der Waals surface area contributed by atoms with Crippen LogP contribution in [-0.2, 0) is 7.05 Å². The van der Waals surface area contributed by atoms with Crippen LogP contribution in [0.2, 0.25) is 0 Å². The SMILES string of the molecule is CNc1cc(F)c(C#N)c2c1[nH]c1ncc(-c3cnc4c(c3)c(=O)c(C(=O)O)cn4C)c(N3CC[C@@]4(C[C@@H]4N)C3)c12. The standard InChI is InChI=1S/C29H25FN8O3/c1-33-19-6-18(30)15(8-31)21-22-24(38-4-3-29(12-38)7-20(29)32)16(10-34-26(22)36-23(19)21)13-5-14-25(39)17(28(40)41)11-37(2)27(14)35-9-13/h5-6,9-11,20,33H,3-4,7,12,32H2,1-2H3,(H,34,36)(H,40,41)/t20-,29+/m0/s1. The zero-order valence-electron chi connectivity index (χ0n) is 22.2. The fourth-order valence-corrected chi connectivity index (χ4v) is 6.43. The lowest BCUT2D eigenvalue weighted by Gasteiger charge is -2.24. The number of carbonyl (C=O) groups is 1. The number of pyridine rings is 3. The molecule has 0 unspecified atom stereocenters. The number of hydrogen-bond donors (Lipinski definition) is 4. The Kier molecular flexibility index (Phi) is 5.17. The highest BCUT2D eigenvalue weighted by Crippen LogP contribution is 2.54. The summed E-state index contributed by atoms with van der Waals surface area (Å²) in [6.07, 6.45) is 6.34. The fraction of sp³-hybridized carbons (Fsp3) is 0.276. The van der Waals surface area contributed by atoms with Gasteiger partial charge >= 0.3 is 5.97 Å². The van der Waals surface area contributed by atoms with Crippen molar-refractivity contribution in [2.45, 2.75) is 18.9 Å². The van der Waals surface area contributed by atoms with Gasteiger partial charge in [-0.1, -0.05) is 0 Å². The summed E-state index contributed by atoms with van der Waals surface area (Å²) in [6.45, 7) is 1.36. The molecule has 0 bridgehead atoms. The molecule has 12 heteroatoms. The van der Waals surface area contributed by atoms with E-state index in [1.165, 1.54) is 16.8 Å². The van der Waals surface area contributed by atoms with E-state index in [0.717, 1.165) is 18.5 Å². The van der Waals surface area contributed by atoms with E-state index in [9.17, 15) is 20.0 Å². The maximum absolute atomic E-state index is 15.2. The Morgan fingerprint density at radius 3 is 2.76 bits per heavy atom. The molecule has 1 aliphatic heterocycles. The van der Waals surface area contributed by atoms with Crippen molar-refractivity contribution in [3.63, 3.8) is 0 Å². The number of hydrogen-bond acceptors (Lipinski definition) is 8. The van der Waals surface area contributed by atoms with Crippen LogP contribution < -0.4 is 21.4 Å². The van der Waals surface area contributed by atoms with Gasteiger partial charge in [-0.25, -0.2) is 19.2 Å². The van der Waals surface area contributed by atoms with Crippen molar-refractivity contribution < 1.29 is 14.3 Å². The predicted molar refractivity (Wildman–Crippen MR) is 153 cm³/mol. The van der Waals surface area contributed by atoms with Gasteiger partial charge < -0.3 is 30.6 Å². The number of carboxylic acid groups (broad SMARTS) is 1. The van der Waals surface area contributed by atoms with Crippen molar-refractivity contribution in [2.75, 3.05) is 30.4 Å². The number of H-pyrrole nitrogens is 1. The van der Waals surface area contributed by atoms with Gasteiger partial charge in [0.05, 0.1) is 33.2 Å². The topological polar surface area (TPSA) is 166 Å². The van der Waals surface area contributed by atoms with Crippen molar-refractivity contribution in [3.05, 3.63) is 57.9 Å². The van der Waals surface area contributed by atoms with Crippen LogP contribution in [0.25, 0.3) is 44.1 Å². The first-order chi connectivity index (χ1) is 19.7. The smallest absolute Gasteiger partial charge is 0.341 e. The molecule has 5 heterocycles. The van der Waals surface area contributed by atoms with Crippen molar-refractivity contribution in [1.29, 1.82) is 5.26 Å². The number of nitriles is 1. The zero-order chi connectivity index (χ0) is 28.8. The molecular formula is C29H25FN8O3. The normalized spacial score (nSPS) is 19.9. The number of carboxylic acids is 1. The molecule has 1 spiro atoms. The summed E-state index contributed by atoms with van der Waals surface area (Å²) in [5, 5.41) is 23.7. The number of aromatic amines is 1. The van der Waals surface area contributed by atoms with Crippen LogP contribution in [0, 0.1) is 22.6 Å². The number of nitrogens with one attached hydrogen (secondary N) is 2. The first kappa shape index (κ1) is 25.0. The van der Waals surface area contributed by atoms with Crippen LogP contribution in [0.3, 0.4) is 0 Å². The average Bonchev–Trinajstić information content (AvgIpc) is 3.26. The van der Waals surface area contributed by atoms with Crippen molar-refractivity contribution >= 4 is 50.3 Å². The van der Waals surface area contributed by atoms with Crippen LogP contribution in [-0.4, -0.2) is 56.8 Å². The number of benzene rings is 1. The van der Waals surface area contributed by atoms with Crippen LogP contribution >= 0.6 is 0 Å². The maximum atomic E-state index is 15.2. The lowest BCUT2D eigenvalue weighted by atomic mass is 9.99. The van der Waals surface area contributed by atoms with Gasteiger partial charge in [0.25, 0.3) is 0 Å². The number of rotatable bonds is 4. The molecule has 11 nitrogen and oxygen atoms in total. The molecule has 206 valence electrons. The minimum absolute atomic E-state index is 0.00756. The summed E-state index contributed by atoms with van der Waals surface area (Å²) < 4.78 is 16.7. The average molecular weight is 553 g/mol. The minimum atomic E-state index is -1.32. The molecule has 1 saturated heterocycles. The number of aryl methyl sites for hydroxylation is 1. The predicted octanol–water partition coefficient (Wildman–Crippen LogP) is 3.31. The molecule has 2 fully saturated rings. The van der Waals surface area contributed by atoms with Crippen LogP contribution in [0.15, 0.2) is 35.5 Å². The molecule has 1 saturated carbocycles. The number of aromatic carboxylic acids is 1. The van der Waals surface area contributed by atoms with E-state index >= 15 is 4.39 Å². The summed E-state index contributed by atoms with van der Waals surface area (Å²) in [5.74, 6) is -1.98. The maximum Gasteiger partial charge on any atom is 0.341 e. The molecule has 41 heavy (non-hydrogen) atoms. The Balaban J connectivity index is 1.57. The molecule has 7 rings (SSSR count). The van der Waals surface area contributed by atoms with E-state index in [0.29, 0.717) is 57.5 Å². The Morgan fingerprint density at radius 1 is 1.32 bits per heavy atom. The summed E-state index contributed by atoms with van der Waals surface area (Å²) in [6, 6.07) is 5.04. The molecule has 2 aliphatic rings. The summed E-state index contributed by atoms with van der Waals surface area (Å²) in [5.41, 5.74) is 8.98. The third-order valence-corrected chi connectivity index (χ3v) is 8.71. The number of aromatic nitrogens is 4. The first-order valence-corrected chi connectivity index (χ1v) is 13.2. The van der Waals surface area contributed by atoms with Crippen molar-refractivity contribution in [2.24, 2.45) is 18.2 Å². The van der Waals surface area contributed by atoms with Gasteiger partial charge in [-0.05, 0) is 18.9 Å². The van der Waals surface area contributed by atoms with E-state index in [1.54, 1.807) is 32.6 Å². The third-order valence-electron chi connectivity index (χ3n) is 8.71. The van der Waals surface area contributed by atoms with Gasteiger partial charge in [0.2, 0.25) is 5.43 Å². The van der Waals surface area contributed by atoms with Crippen LogP contribution in [0.4, 0.5) is 15.8 Å². The monoisotopic (exact) mass is 552 g/mol. The van der Waals surface area contributed by atoms with Crippen LogP contribution in [0.5, 0.6) is 0 Å². The second-order valence-electron chi connectivity index (χ2n) is 11.0. The van der Waals surface area contributed by atoms with Gasteiger partial charge in [-0.3, -0.25) is 4.79 Å². The molecule has 4 aromatic heterocycles. The molecular weight excluding hydrogens is 527 g/mol. The first-order valence-electron chi connectivity index (χ1n) is 13.2. The van der Waals surface area contributed by atoms with E-state index in [4.69, 9.17) is 5.73 Å². The molecule has 0 amide bonds. The lowest BCUT2D eigenvalue weighted by molar-refractivity contribution is 0.0695. The van der Waals surface area contributed by atoms with E-state index < -0.39 is 17.2 Å². The summed E-state index contributed by atoms with van der Waals surface area (Å²) in [4.78, 5) is 39.6. The highest BCUT2D eigenvalue weighted by molar-refractivity contribution is 6.19. The number of anilines is 2. The lowest BCUT2D eigenvalue weighted by Crippen LogP contribution is -2.24. The Bertz CT molecular complexity index is 2080. The molecule has 0 radical (unpaired) electrons. The number of halogens is 1. The molecule has 5 aromatic rings. The number of nitrogens with zero attached hydrogens (tertiary/aromatic N) is 5. The molecule has 1 aromatic carbocycles. The van der Waals surface area contributed by atoms with E-state index in [-0.39, 0.29) is 28.0 Å². The van der Waals surface area contributed by atoms with Gasteiger partial charge in [-0.2, -0.15) is 5.26 Å².